The Morgan fingerprint density at radius 3 is 2.74 bits per heavy atom. The van der Waals surface area contributed by atoms with E-state index in [1.165, 1.54) is 13.3 Å². The maximum absolute atomic E-state index is 11.3. The Bertz CT molecular complexity index is 471. The van der Waals surface area contributed by atoms with Crippen LogP contribution < -0.4 is 5.32 Å². The van der Waals surface area contributed by atoms with Crippen LogP contribution in [0.2, 0.25) is 0 Å². The van der Waals surface area contributed by atoms with Crippen molar-refractivity contribution >= 4 is 17.8 Å². The van der Waals surface area contributed by atoms with E-state index in [0.29, 0.717) is 24.3 Å². The molecule has 0 radical (unpaired) electrons. The van der Waals surface area contributed by atoms with Gasteiger partial charge in [0.1, 0.15) is 5.82 Å². The Morgan fingerprint density at radius 2 is 2.16 bits per heavy atom. The minimum atomic E-state index is -0.842. The molecule has 1 heterocycles. The normalized spacial score (nSPS) is 10.9. The molecule has 0 aliphatic rings. The highest BCUT2D eigenvalue weighted by atomic mass is 16.5. The van der Waals surface area contributed by atoms with E-state index in [2.05, 4.69) is 15.0 Å². The number of carbonyl (C=O) groups excluding carboxylic acids is 1. The van der Waals surface area contributed by atoms with Gasteiger partial charge in [0.2, 0.25) is 0 Å². The molecule has 0 unspecified atom stereocenters. The number of pyridine rings is 1. The molecule has 0 bridgehead atoms. The quantitative estimate of drug-likeness (QED) is 0.763. The average molecular weight is 266 g/mol. The second kappa shape index (κ2) is 6.17. The van der Waals surface area contributed by atoms with Gasteiger partial charge in [-0.05, 0) is 32.4 Å². The Hall–Kier alpha value is -2.11. The molecule has 0 aliphatic carbocycles. The highest BCUT2D eigenvalue weighted by molar-refractivity contribution is 5.89. The number of hydrogen-bond donors (Lipinski definition) is 2. The zero-order chi connectivity index (χ0) is 14.5. The number of carboxylic acids is 1. The maximum atomic E-state index is 11.3. The van der Waals surface area contributed by atoms with Gasteiger partial charge in [0.15, 0.2) is 0 Å². The number of carbonyl (C=O) groups is 2. The van der Waals surface area contributed by atoms with Crippen LogP contribution in [0.3, 0.4) is 0 Å². The van der Waals surface area contributed by atoms with Crippen LogP contribution >= 0.6 is 0 Å². The molecule has 6 heteroatoms. The molecule has 1 aromatic heterocycles. The summed E-state index contributed by atoms with van der Waals surface area (Å²) in [5.41, 5.74) is -0.398. The van der Waals surface area contributed by atoms with E-state index >= 15 is 0 Å². The smallest absolute Gasteiger partial charge is 0.338 e. The van der Waals surface area contributed by atoms with Crippen LogP contribution in [-0.4, -0.2) is 35.7 Å². The fourth-order valence-electron chi connectivity index (χ4n) is 1.38. The van der Waals surface area contributed by atoms with Crippen LogP contribution in [0.25, 0.3) is 0 Å². The second-order valence-corrected chi connectivity index (χ2v) is 4.79. The number of carboxylic acid groups (broad SMARTS) is 1. The summed E-state index contributed by atoms with van der Waals surface area (Å²) < 4.78 is 4.61. The first-order valence-electron chi connectivity index (χ1n) is 5.88. The fourth-order valence-corrected chi connectivity index (χ4v) is 1.38. The summed E-state index contributed by atoms with van der Waals surface area (Å²) in [5, 5.41) is 12.0. The Kier molecular flexibility index (Phi) is 4.86. The van der Waals surface area contributed by atoms with E-state index in [0.717, 1.165) is 0 Å². The Morgan fingerprint density at radius 1 is 1.47 bits per heavy atom. The van der Waals surface area contributed by atoms with Gasteiger partial charge >= 0.3 is 11.9 Å². The molecule has 0 amide bonds. The van der Waals surface area contributed by atoms with Crippen LogP contribution in [0.5, 0.6) is 0 Å². The van der Waals surface area contributed by atoms with E-state index in [1.54, 1.807) is 26.0 Å². The monoisotopic (exact) mass is 266 g/mol. The number of rotatable bonds is 6. The lowest BCUT2D eigenvalue weighted by molar-refractivity contribution is -0.147. The third-order valence-electron chi connectivity index (χ3n) is 2.82. The minimum Gasteiger partial charge on any atom is -0.481 e. The zero-order valence-electron chi connectivity index (χ0n) is 11.3. The van der Waals surface area contributed by atoms with Crippen LogP contribution in [0.1, 0.15) is 30.6 Å². The van der Waals surface area contributed by atoms with E-state index in [4.69, 9.17) is 5.11 Å². The standard InChI is InChI=1S/C13H18N2O4/c1-13(2,12(17)18)5-7-15-10-8-9(4-6-14-10)11(16)19-3/h4,6,8H,5,7H2,1-3H3,(H,14,15)(H,17,18). The van der Waals surface area contributed by atoms with Crippen molar-refractivity contribution in [2.45, 2.75) is 20.3 Å². The van der Waals surface area contributed by atoms with Gasteiger partial charge in [-0.3, -0.25) is 4.79 Å². The molecule has 0 saturated heterocycles. The number of anilines is 1. The van der Waals surface area contributed by atoms with E-state index in [-0.39, 0.29) is 0 Å². The zero-order valence-corrected chi connectivity index (χ0v) is 11.3. The second-order valence-electron chi connectivity index (χ2n) is 4.79. The number of nitrogens with one attached hydrogen (secondary N) is 1. The third-order valence-corrected chi connectivity index (χ3v) is 2.82. The SMILES string of the molecule is COC(=O)c1ccnc(NCCC(C)(C)C(=O)O)c1. The lowest BCUT2D eigenvalue weighted by atomic mass is 9.90. The van der Waals surface area contributed by atoms with Gasteiger partial charge in [-0.25, -0.2) is 9.78 Å². The minimum absolute atomic E-state index is 0.400. The van der Waals surface area contributed by atoms with Crippen LogP contribution in [0.15, 0.2) is 18.3 Å². The maximum Gasteiger partial charge on any atom is 0.338 e. The van der Waals surface area contributed by atoms with E-state index < -0.39 is 17.4 Å². The fraction of sp³-hybridized carbons (Fsp3) is 0.462. The molecule has 0 saturated carbocycles. The molecule has 104 valence electrons. The van der Waals surface area contributed by atoms with Gasteiger partial charge in [-0.1, -0.05) is 0 Å². The molecular weight excluding hydrogens is 248 g/mol. The topological polar surface area (TPSA) is 88.5 Å². The van der Waals surface area contributed by atoms with Gasteiger partial charge in [0.25, 0.3) is 0 Å². The molecule has 1 rings (SSSR count). The molecule has 0 fully saturated rings. The van der Waals surface area contributed by atoms with Crippen molar-refractivity contribution in [2.24, 2.45) is 5.41 Å². The number of aromatic nitrogens is 1. The number of ether oxygens (including phenoxy) is 1. The van der Waals surface area contributed by atoms with Crippen LogP contribution in [-0.2, 0) is 9.53 Å². The number of aliphatic carboxylic acids is 1. The van der Waals surface area contributed by atoms with Gasteiger partial charge < -0.3 is 15.2 Å². The lowest BCUT2D eigenvalue weighted by Gasteiger charge is -2.19. The highest BCUT2D eigenvalue weighted by Gasteiger charge is 2.26. The Labute approximate surface area is 111 Å². The molecule has 0 aromatic carbocycles. The number of esters is 1. The molecule has 6 nitrogen and oxygen atoms in total. The number of methoxy groups -OCH3 is 1. The van der Waals surface area contributed by atoms with Crippen molar-refractivity contribution < 1.29 is 19.4 Å². The van der Waals surface area contributed by atoms with Crippen molar-refractivity contribution in [1.29, 1.82) is 0 Å². The summed E-state index contributed by atoms with van der Waals surface area (Å²) in [6.07, 6.45) is 1.95. The predicted molar refractivity (Wildman–Crippen MR) is 70.1 cm³/mol. The summed E-state index contributed by atoms with van der Waals surface area (Å²) in [6.45, 7) is 3.78. The van der Waals surface area contributed by atoms with Gasteiger partial charge in [0.05, 0.1) is 18.1 Å². The third kappa shape index (κ3) is 4.24. The average Bonchev–Trinajstić information content (AvgIpc) is 2.37. The van der Waals surface area contributed by atoms with Crippen LogP contribution in [0.4, 0.5) is 5.82 Å². The van der Waals surface area contributed by atoms with Gasteiger partial charge in [-0.15, -0.1) is 0 Å². The first-order chi connectivity index (χ1) is 8.86. The first kappa shape index (κ1) is 14.9. The number of nitrogens with zero attached hydrogens (tertiary/aromatic N) is 1. The van der Waals surface area contributed by atoms with E-state index in [1.807, 2.05) is 0 Å². The molecule has 19 heavy (non-hydrogen) atoms. The van der Waals surface area contributed by atoms with Crippen molar-refractivity contribution in [3.8, 4) is 0 Å². The first-order valence-corrected chi connectivity index (χ1v) is 5.88. The van der Waals surface area contributed by atoms with Crippen LogP contribution in [0, 0.1) is 5.41 Å². The molecule has 0 spiro atoms. The van der Waals surface area contributed by atoms with Crippen molar-refractivity contribution in [1.82, 2.24) is 4.98 Å². The van der Waals surface area contributed by atoms with Crippen molar-refractivity contribution in [3.05, 3.63) is 23.9 Å². The van der Waals surface area contributed by atoms with Gasteiger partial charge in [0, 0.05) is 12.7 Å². The molecule has 2 N–H and O–H groups in total. The summed E-state index contributed by atoms with van der Waals surface area (Å²) in [6, 6.07) is 3.12. The number of hydrogen-bond acceptors (Lipinski definition) is 5. The summed E-state index contributed by atoms with van der Waals surface area (Å²) in [5.74, 6) is -0.758. The summed E-state index contributed by atoms with van der Waals surface area (Å²) >= 11 is 0. The summed E-state index contributed by atoms with van der Waals surface area (Å²) in [7, 11) is 1.31. The van der Waals surface area contributed by atoms with Crippen molar-refractivity contribution in [3.63, 3.8) is 0 Å². The molecule has 1 aromatic rings. The summed E-state index contributed by atoms with van der Waals surface area (Å²) in [4.78, 5) is 26.3. The van der Waals surface area contributed by atoms with E-state index in [9.17, 15) is 9.59 Å². The largest absolute Gasteiger partial charge is 0.481 e. The lowest BCUT2D eigenvalue weighted by Crippen LogP contribution is -2.26. The van der Waals surface area contributed by atoms with Crippen molar-refractivity contribution in [2.75, 3.05) is 19.0 Å². The molecular formula is C13H18N2O4. The molecule has 0 atom stereocenters. The predicted octanol–water partition coefficient (Wildman–Crippen LogP) is 1.78. The molecule has 0 aliphatic heterocycles. The Balaban J connectivity index is 2.59. The van der Waals surface area contributed by atoms with Gasteiger partial charge in [-0.2, -0.15) is 0 Å². The highest BCUT2D eigenvalue weighted by Crippen LogP contribution is 2.20.